The SMILES string of the molecule is [C-]#[N+]/C(C#N)=C(\OC)c1ccc2c(OC)c(F)c(-c3ccccc3)nc2c1F. The van der Waals surface area contributed by atoms with E-state index in [1.165, 1.54) is 26.4 Å². The number of rotatable bonds is 4. The molecule has 1 aromatic heterocycles. The summed E-state index contributed by atoms with van der Waals surface area (Å²) in [4.78, 5) is 7.23. The zero-order chi connectivity index (χ0) is 20.3. The lowest BCUT2D eigenvalue weighted by Crippen LogP contribution is -2.02. The molecule has 3 aromatic rings. The number of fused-ring (bicyclic) bond motifs is 1. The van der Waals surface area contributed by atoms with Crippen LogP contribution < -0.4 is 4.74 Å². The molecule has 5 nitrogen and oxygen atoms in total. The predicted molar refractivity (Wildman–Crippen MR) is 99.8 cm³/mol. The van der Waals surface area contributed by atoms with E-state index in [2.05, 4.69) is 9.83 Å². The van der Waals surface area contributed by atoms with Gasteiger partial charge < -0.3 is 9.47 Å². The van der Waals surface area contributed by atoms with Crippen LogP contribution >= 0.6 is 0 Å². The highest BCUT2D eigenvalue weighted by Crippen LogP contribution is 2.37. The van der Waals surface area contributed by atoms with Crippen molar-refractivity contribution in [2.24, 2.45) is 0 Å². The number of nitriles is 1. The van der Waals surface area contributed by atoms with Crippen molar-refractivity contribution >= 4 is 16.7 Å². The zero-order valence-corrected chi connectivity index (χ0v) is 15.0. The molecule has 2 aromatic carbocycles. The second-order valence-corrected chi connectivity index (χ2v) is 5.60. The van der Waals surface area contributed by atoms with Crippen molar-refractivity contribution in [3.05, 3.63) is 76.8 Å². The molecule has 0 radical (unpaired) electrons. The maximum atomic E-state index is 15.3. The average molecular weight is 377 g/mol. The third kappa shape index (κ3) is 3.00. The number of pyridine rings is 1. The fraction of sp³-hybridized carbons (Fsp3) is 0.0952. The molecule has 0 N–H and O–H groups in total. The molecule has 0 bridgehead atoms. The van der Waals surface area contributed by atoms with E-state index in [-0.39, 0.29) is 33.7 Å². The number of halogens is 2. The summed E-state index contributed by atoms with van der Waals surface area (Å²) in [5.74, 6) is -1.93. The summed E-state index contributed by atoms with van der Waals surface area (Å²) in [5, 5.41) is 9.22. The minimum Gasteiger partial charge on any atom is -0.506 e. The first-order chi connectivity index (χ1) is 13.6. The molecule has 138 valence electrons. The Morgan fingerprint density at radius 3 is 2.39 bits per heavy atom. The second kappa shape index (κ2) is 7.73. The van der Waals surface area contributed by atoms with Crippen molar-refractivity contribution in [2.75, 3.05) is 14.2 Å². The van der Waals surface area contributed by atoms with Crippen LogP contribution in [0.15, 0.2) is 48.2 Å². The van der Waals surface area contributed by atoms with Crippen molar-refractivity contribution < 1.29 is 18.3 Å². The first kappa shape index (κ1) is 18.8. The van der Waals surface area contributed by atoms with E-state index in [1.54, 1.807) is 36.4 Å². The van der Waals surface area contributed by atoms with E-state index >= 15 is 4.39 Å². The summed E-state index contributed by atoms with van der Waals surface area (Å²) in [6.07, 6.45) is 0. The Labute approximate surface area is 159 Å². The number of methoxy groups -OCH3 is 2. The number of aromatic nitrogens is 1. The maximum Gasteiger partial charge on any atom is 0.303 e. The van der Waals surface area contributed by atoms with Gasteiger partial charge in [0.25, 0.3) is 0 Å². The van der Waals surface area contributed by atoms with Gasteiger partial charge >= 0.3 is 5.70 Å². The Morgan fingerprint density at radius 2 is 1.82 bits per heavy atom. The molecule has 0 unspecified atom stereocenters. The number of ether oxygens (including phenoxy) is 2. The Kier molecular flexibility index (Phi) is 5.19. The average Bonchev–Trinajstić information content (AvgIpc) is 2.73. The molecular formula is C21H13F2N3O2. The molecule has 0 spiro atoms. The quantitative estimate of drug-likeness (QED) is 0.367. The van der Waals surface area contributed by atoms with Crippen LogP contribution in [-0.2, 0) is 4.74 Å². The van der Waals surface area contributed by atoms with Crippen LogP contribution in [0.25, 0.3) is 32.8 Å². The molecule has 1 heterocycles. The van der Waals surface area contributed by atoms with Gasteiger partial charge in [-0.25, -0.2) is 23.9 Å². The van der Waals surface area contributed by atoms with Crippen molar-refractivity contribution in [3.8, 4) is 23.1 Å². The van der Waals surface area contributed by atoms with E-state index in [9.17, 15) is 4.39 Å². The summed E-state index contributed by atoms with van der Waals surface area (Å²) in [5.41, 5.74) is -0.312. The van der Waals surface area contributed by atoms with E-state index in [1.807, 2.05) is 0 Å². The van der Waals surface area contributed by atoms with Crippen molar-refractivity contribution in [1.82, 2.24) is 4.98 Å². The fourth-order valence-corrected chi connectivity index (χ4v) is 2.87. The summed E-state index contributed by atoms with van der Waals surface area (Å²) in [6.45, 7) is 7.07. The minimum absolute atomic E-state index is 0.0744. The first-order valence-corrected chi connectivity index (χ1v) is 8.04. The molecule has 0 amide bonds. The summed E-state index contributed by atoms with van der Waals surface area (Å²) < 4.78 is 40.5. The summed E-state index contributed by atoms with van der Waals surface area (Å²) in [7, 11) is 2.52. The topological polar surface area (TPSA) is 59.5 Å². The smallest absolute Gasteiger partial charge is 0.303 e. The molecule has 0 saturated heterocycles. The third-order valence-corrected chi connectivity index (χ3v) is 4.12. The monoisotopic (exact) mass is 377 g/mol. The van der Waals surface area contributed by atoms with Gasteiger partial charge in [0.1, 0.15) is 17.0 Å². The van der Waals surface area contributed by atoms with Gasteiger partial charge in [-0.2, -0.15) is 0 Å². The summed E-state index contributed by atoms with van der Waals surface area (Å²) >= 11 is 0. The fourth-order valence-electron chi connectivity index (χ4n) is 2.87. The zero-order valence-electron chi connectivity index (χ0n) is 15.0. The van der Waals surface area contributed by atoms with Gasteiger partial charge in [-0.15, -0.1) is 0 Å². The molecule has 7 heteroatoms. The van der Waals surface area contributed by atoms with Gasteiger partial charge in [-0.3, -0.25) is 0 Å². The molecule has 0 atom stereocenters. The maximum absolute atomic E-state index is 15.3. The first-order valence-electron chi connectivity index (χ1n) is 8.04. The standard InChI is InChI=1S/C21H13F2N3O2/c1-25-15(11-24)20(27-2)13-9-10-14-19(16(13)22)26-18(17(23)21(14)28-3)12-7-5-4-6-8-12/h4-10H,2-3H3/b20-15-. The number of hydrogen-bond donors (Lipinski definition) is 0. The molecule has 0 fully saturated rings. The Morgan fingerprint density at radius 1 is 1.11 bits per heavy atom. The van der Waals surface area contributed by atoms with Gasteiger partial charge in [0.2, 0.25) is 0 Å². The molecule has 28 heavy (non-hydrogen) atoms. The number of hydrogen-bond acceptors (Lipinski definition) is 4. The minimum atomic E-state index is -0.846. The molecule has 0 saturated carbocycles. The van der Waals surface area contributed by atoms with Crippen LogP contribution in [-0.4, -0.2) is 19.2 Å². The lowest BCUT2D eigenvalue weighted by atomic mass is 10.0. The van der Waals surface area contributed by atoms with Crippen molar-refractivity contribution in [3.63, 3.8) is 0 Å². The highest BCUT2D eigenvalue weighted by Gasteiger charge is 2.23. The molecule has 0 aliphatic carbocycles. The van der Waals surface area contributed by atoms with Crippen LogP contribution in [0.5, 0.6) is 5.75 Å². The van der Waals surface area contributed by atoms with Gasteiger partial charge in [0, 0.05) is 16.5 Å². The number of benzene rings is 2. The largest absolute Gasteiger partial charge is 0.506 e. The molecule has 0 aliphatic heterocycles. The normalized spacial score (nSPS) is 11.4. The van der Waals surface area contributed by atoms with Gasteiger partial charge in [0.15, 0.2) is 17.4 Å². The van der Waals surface area contributed by atoms with Crippen molar-refractivity contribution in [2.45, 2.75) is 0 Å². The van der Waals surface area contributed by atoms with Crippen LogP contribution in [0, 0.1) is 29.5 Å². The van der Waals surface area contributed by atoms with Crippen LogP contribution in [0.3, 0.4) is 0 Å². The van der Waals surface area contributed by atoms with Gasteiger partial charge in [0.05, 0.1) is 26.9 Å². The Bertz CT molecular complexity index is 1160. The molecule has 3 rings (SSSR count). The summed E-state index contributed by atoms with van der Waals surface area (Å²) in [6, 6.07) is 12.9. The second-order valence-electron chi connectivity index (χ2n) is 5.60. The van der Waals surface area contributed by atoms with Crippen LogP contribution in [0.1, 0.15) is 5.56 Å². The number of allylic oxidation sites excluding steroid dienone is 1. The Balaban J connectivity index is 2.40. The highest BCUT2D eigenvalue weighted by atomic mass is 19.1. The predicted octanol–water partition coefficient (Wildman–Crippen LogP) is 4.95. The van der Waals surface area contributed by atoms with Crippen LogP contribution in [0.4, 0.5) is 8.78 Å². The Hall–Kier alpha value is -3.97. The van der Waals surface area contributed by atoms with Gasteiger partial charge in [-0.05, 0) is 12.1 Å². The molecule has 0 aliphatic rings. The van der Waals surface area contributed by atoms with Crippen LogP contribution in [0.2, 0.25) is 0 Å². The number of nitrogens with zero attached hydrogens (tertiary/aromatic N) is 3. The van der Waals surface area contributed by atoms with E-state index < -0.39 is 17.3 Å². The molecular weight excluding hydrogens is 364 g/mol. The van der Waals surface area contributed by atoms with Gasteiger partial charge in [-0.1, -0.05) is 30.3 Å². The van der Waals surface area contributed by atoms with E-state index in [0.717, 1.165) is 0 Å². The lowest BCUT2D eigenvalue weighted by Gasteiger charge is -2.14. The third-order valence-electron chi connectivity index (χ3n) is 4.12. The lowest BCUT2D eigenvalue weighted by molar-refractivity contribution is 0.366. The van der Waals surface area contributed by atoms with Crippen molar-refractivity contribution in [1.29, 1.82) is 5.26 Å². The highest BCUT2D eigenvalue weighted by molar-refractivity contribution is 5.91. The van der Waals surface area contributed by atoms with E-state index in [4.69, 9.17) is 21.3 Å². The van der Waals surface area contributed by atoms with E-state index in [0.29, 0.717) is 5.56 Å².